The Labute approximate surface area is 166 Å². The number of benzene rings is 1. The van der Waals surface area contributed by atoms with Crippen molar-refractivity contribution in [2.45, 2.75) is 45.1 Å². The maximum atomic E-state index is 14.3. The zero-order valence-electron chi connectivity index (χ0n) is 16.9. The SMILES string of the molecule is CC1(C)CNc2cc(Cc3ccc(F)cc3F)c3nn(C(C)(C)CO)c(=O)n3c21. The van der Waals surface area contributed by atoms with Crippen molar-refractivity contribution in [1.82, 2.24) is 14.2 Å². The van der Waals surface area contributed by atoms with Gasteiger partial charge in [-0.3, -0.25) is 0 Å². The molecule has 0 bridgehead atoms. The fraction of sp³-hybridized carbons (Fsp3) is 0.429. The molecule has 4 rings (SSSR count). The van der Waals surface area contributed by atoms with Crippen LogP contribution in [0.2, 0.25) is 0 Å². The van der Waals surface area contributed by atoms with Gasteiger partial charge >= 0.3 is 5.69 Å². The third kappa shape index (κ3) is 3.02. The number of fused-ring (bicyclic) bond motifs is 3. The summed E-state index contributed by atoms with van der Waals surface area (Å²) < 4.78 is 30.4. The number of hydrogen-bond donors (Lipinski definition) is 2. The third-order valence-corrected chi connectivity index (χ3v) is 5.58. The van der Waals surface area contributed by atoms with Gasteiger partial charge in [0.2, 0.25) is 0 Å². The normalized spacial score (nSPS) is 15.6. The molecule has 0 amide bonds. The zero-order valence-corrected chi connectivity index (χ0v) is 16.9. The van der Waals surface area contributed by atoms with Crippen molar-refractivity contribution >= 4 is 11.3 Å². The van der Waals surface area contributed by atoms with Crippen LogP contribution in [-0.4, -0.2) is 32.4 Å². The van der Waals surface area contributed by atoms with E-state index >= 15 is 0 Å². The smallest absolute Gasteiger partial charge is 0.351 e. The van der Waals surface area contributed by atoms with Crippen molar-refractivity contribution in [3.05, 3.63) is 63.2 Å². The van der Waals surface area contributed by atoms with Gasteiger partial charge in [-0.15, -0.1) is 5.10 Å². The van der Waals surface area contributed by atoms with Crippen molar-refractivity contribution in [2.24, 2.45) is 0 Å². The van der Waals surface area contributed by atoms with Gasteiger partial charge in [0.25, 0.3) is 0 Å². The lowest BCUT2D eigenvalue weighted by Crippen LogP contribution is -2.40. The van der Waals surface area contributed by atoms with Gasteiger partial charge in [-0.25, -0.2) is 22.7 Å². The average Bonchev–Trinajstić information content (AvgIpc) is 3.15. The van der Waals surface area contributed by atoms with E-state index in [0.717, 1.165) is 17.4 Å². The molecule has 29 heavy (non-hydrogen) atoms. The zero-order chi connectivity index (χ0) is 21.1. The maximum Gasteiger partial charge on any atom is 0.351 e. The number of pyridine rings is 1. The monoisotopic (exact) mass is 402 g/mol. The van der Waals surface area contributed by atoms with E-state index in [1.165, 1.54) is 16.8 Å². The molecule has 0 fully saturated rings. The molecule has 1 aromatic carbocycles. The Morgan fingerprint density at radius 3 is 2.62 bits per heavy atom. The number of anilines is 1. The summed E-state index contributed by atoms with van der Waals surface area (Å²) in [5.74, 6) is -1.28. The van der Waals surface area contributed by atoms with E-state index in [9.17, 15) is 18.7 Å². The first-order valence-electron chi connectivity index (χ1n) is 9.52. The predicted molar refractivity (Wildman–Crippen MR) is 107 cm³/mol. The first kappa shape index (κ1) is 19.6. The van der Waals surface area contributed by atoms with Crippen molar-refractivity contribution in [1.29, 1.82) is 0 Å². The molecule has 0 saturated carbocycles. The minimum absolute atomic E-state index is 0.154. The summed E-state index contributed by atoms with van der Waals surface area (Å²) in [6.07, 6.45) is 0.154. The molecule has 8 heteroatoms. The number of aliphatic hydroxyl groups excluding tert-OH is 1. The molecule has 0 atom stereocenters. The Morgan fingerprint density at radius 1 is 1.24 bits per heavy atom. The number of hydrogen-bond acceptors (Lipinski definition) is 4. The quantitative estimate of drug-likeness (QED) is 0.704. The molecule has 1 aliphatic rings. The van der Waals surface area contributed by atoms with Crippen molar-refractivity contribution in [2.75, 3.05) is 18.5 Å². The van der Waals surface area contributed by atoms with Crippen LogP contribution in [0.3, 0.4) is 0 Å². The summed E-state index contributed by atoms with van der Waals surface area (Å²) >= 11 is 0. The maximum absolute atomic E-state index is 14.3. The highest BCUT2D eigenvalue weighted by Crippen LogP contribution is 2.37. The van der Waals surface area contributed by atoms with Crippen LogP contribution < -0.4 is 11.0 Å². The van der Waals surface area contributed by atoms with Crippen molar-refractivity contribution in [3.8, 4) is 0 Å². The van der Waals surface area contributed by atoms with E-state index in [-0.39, 0.29) is 24.1 Å². The second-order valence-corrected chi connectivity index (χ2v) is 8.91. The van der Waals surface area contributed by atoms with Crippen LogP contribution in [0.25, 0.3) is 5.65 Å². The second kappa shape index (κ2) is 6.38. The van der Waals surface area contributed by atoms with Gasteiger partial charge in [-0.2, -0.15) is 0 Å². The highest BCUT2D eigenvalue weighted by atomic mass is 19.1. The second-order valence-electron chi connectivity index (χ2n) is 8.91. The molecule has 0 unspecified atom stereocenters. The number of rotatable bonds is 4. The summed E-state index contributed by atoms with van der Waals surface area (Å²) in [5, 5.41) is 17.6. The van der Waals surface area contributed by atoms with E-state index in [1.54, 1.807) is 18.2 Å². The molecule has 3 aromatic rings. The van der Waals surface area contributed by atoms with Gasteiger partial charge < -0.3 is 10.4 Å². The first-order valence-corrected chi connectivity index (χ1v) is 9.52. The Hall–Kier alpha value is -2.74. The van der Waals surface area contributed by atoms with Crippen LogP contribution in [-0.2, 0) is 17.4 Å². The van der Waals surface area contributed by atoms with Crippen LogP contribution in [0, 0.1) is 11.6 Å². The molecule has 2 N–H and O–H groups in total. The standard InChI is InChI=1S/C21H24F2N4O2/c1-20(2)10-24-16-8-13(7-12-5-6-14(22)9-15(12)23)18-25-27(21(3,4)11-28)19(29)26(18)17(16)20/h5-6,8-9,24,28H,7,10-11H2,1-4H3. The van der Waals surface area contributed by atoms with Crippen LogP contribution in [0.5, 0.6) is 0 Å². The fourth-order valence-corrected chi connectivity index (χ4v) is 3.87. The molecule has 0 saturated heterocycles. The molecule has 0 aliphatic carbocycles. The molecule has 6 nitrogen and oxygen atoms in total. The summed E-state index contributed by atoms with van der Waals surface area (Å²) in [5.41, 5.74) is 1.41. The minimum atomic E-state index is -0.898. The summed E-state index contributed by atoms with van der Waals surface area (Å²) in [6, 6.07) is 5.34. The van der Waals surface area contributed by atoms with Crippen LogP contribution in [0.1, 0.15) is 44.5 Å². The number of aromatic nitrogens is 3. The lowest BCUT2D eigenvalue weighted by Gasteiger charge is -2.20. The van der Waals surface area contributed by atoms with Gasteiger partial charge in [0.05, 0.1) is 23.5 Å². The molecule has 0 spiro atoms. The predicted octanol–water partition coefficient (Wildman–Crippen LogP) is 2.80. The van der Waals surface area contributed by atoms with E-state index in [4.69, 9.17) is 0 Å². The first-order chi connectivity index (χ1) is 13.5. The van der Waals surface area contributed by atoms with Gasteiger partial charge in [0, 0.05) is 30.0 Å². The third-order valence-electron chi connectivity index (χ3n) is 5.58. The molecular weight excluding hydrogens is 378 g/mol. The Morgan fingerprint density at radius 2 is 1.97 bits per heavy atom. The molecule has 2 aromatic heterocycles. The lowest BCUT2D eigenvalue weighted by atomic mass is 9.90. The van der Waals surface area contributed by atoms with E-state index in [2.05, 4.69) is 10.4 Å². The van der Waals surface area contributed by atoms with Crippen LogP contribution in [0.15, 0.2) is 29.1 Å². The van der Waals surface area contributed by atoms with E-state index in [1.807, 2.05) is 19.9 Å². The van der Waals surface area contributed by atoms with Crippen LogP contribution >= 0.6 is 0 Å². The summed E-state index contributed by atoms with van der Waals surface area (Å²) in [4.78, 5) is 13.3. The minimum Gasteiger partial charge on any atom is -0.394 e. The van der Waals surface area contributed by atoms with E-state index in [0.29, 0.717) is 23.3 Å². The van der Waals surface area contributed by atoms with Gasteiger partial charge in [-0.1, -0.05) is 19.9 Å². The van der Waals surface area contributed by atoms with Crippen LogP contribution in [0.4, 0.5) is 14.5 Å². The lowest BCUT2D eigenvalue weighted by molar-refractivity contribution is 0.148. The van der Waals surface area contributed by atoms with E-state index < -0.39 is 17.2 Å². The highest BCUT2D eigenvalue weighted by Gasteiger charge is 2.36. The number of halogens is 2. The van der Waals surface area contributed by atoms with Crippen molar-refractivity contribution < 1.29 is 13.9 Å². The Bertz CT molecular complexity index is 1180. The van der Waals surface area contributed by atoms with Crippen molar-refractivity contribution in [3.63, 3.8) is 0 Å². The van der Waals surface area contributed by atoms with Gasteiger partial charge in [-0.05, 0) is 31.5 Å². The molecule has 154 valence electrons. The topological polar surface area (TPSA) is 71.6 Å². The average molecular weight is 402 g/mol. The highest BCUT2D eigenvalue weighted by molar-refractivity contribution is 5.66. The Kier molecular flexibility index (Phi) is 4.31. The largest absolute Gasteiger partial charge is 0.394 e. The number of aliphatic hydroxyl groups is 1. The Balaban J connectivity index is 2.00. The summed E-state index contributed by atoms with van der Waals surface area (Å²) in [6.45, 7) is 7.90. The number of nitrogens with one attached hydrogen (secondary N) is 1. The van der Waals surface area contributed by atoms with Gasteiger partial charge in [0.15, 0.2) is 5.65 Å². The van der Waals surface area contributed by atoms with Gasteiger partial charge in [0.1, 0.15) is 11.6 Å². The molecular formula is C21H24F2N4O2. The number of nitrogens with zero attached hydrogens (tertiary/aromatic N) is 3. The molecule has 3 heterocycles. The summed E-state index contributed by atoms with van der Waals surface area (Å²) in [7, 11) is 0. The fourth-order valence-electron chi connectivity index (χ4n) is 3.87. The molecule has 0 radical (unpaired) electrons. The molecule has 1 aliphatic heterocycles.